The van der Waals surface area contributed by atoms with E-state index in [0.29, 0.717) is 12.0 Å². The van der Waals surface area contributed by atoms with E-state index in [2.05, 4.69) is 72.9 Å². The molecule has 0 radical (unpaired) electrons. The van der Waals surface area contributed by atoms with Gasteiger partial charge in [-0.25, -0.2) is 0 Å². The van der Waals surface area contributed by atoms with E-state index in [0.717, 1.165) is 12.5 Å². The van der Waals surface area contributed by atoms with Crippen LogP contribution in [-0.2, 0) is 0 Å². The number of hydrogen-bond donors (Lipinski definition) is 1. The summed E-state index contributed by atoms with van der Waals surface area (Å²) >= 11 is 0. The molecule has 1 nitrogen and oxygen atoms in total. The topological polar surface area (TPSA) is 12.0 Å². The number of benzene rings is 2. The lowest BCUT2D eigenvalue weighted by atomic mass is 9.86. The molecule has 1 N–H and O–H groups in total. The molecule has 0 aromatic heterocycles. The highest BCUT2D eigenvalue weighted by Gasteiger charge is 2.23. The Morgan fingerprint density at radius 1 is 0.905 bits per heavy atom. The Balaban J connectivity index is 1.74. The van der Waals surface area contributed by atoms with Crippen molar-refractivity contribution in [2.75, 3.05) is 6.54 Å². The van der Waals surface area contributed by atoms with Crippen LogP contribution in [0.4, 0.5) is 0 Å². The molecule has 0 saturated heterocycles. The summed E-state index contributed by atoms with van der Waals surface area (Å²) in [6.07, 6.45) is 4.22. The molecule has 2 aromatic rings. The van der Waals surface area contributed by atoms with Gasteiger partial charge in [-0.2, -0.15) is 0 Å². The molecule has 1 atom stereocenters. The fourth-order valence-corrected chi connectivity index (χ4v) is 3.13. The maximum absolute atomic E-state index is 3.75. The van der Waals surface area contributed by atoms with Crippen LogP contribution in [0.25, 0.3) is 0 Å². The van der Waals surface area contributed by atoms with E-state index < -0.39 is 0 Å². The van der Waals surface area contributed by atoms with E-state index in [9.17, 15) is 0 Å². The Morgan fingerprint density at radius 2 is 1.43 bits per heavy atom. The van der Waals surface area contributed by atoms with Crippen molar-refractivity contribution < 1.29 is 0 Å². The first-order chi connectivity index (χ1) is 10.3. The molecule has 21 heavy (non-hydrogen) atoms. The van der Waals surface area contributed by atoms with Gasteiger partial charge < -0.3 is 5.32 Å². The van der Waals surface area contributed by atoms with Gasteiger partial charge in [0.25, 0.3) is 0 Å². The molecule has 0 heterocycles. The first-order valence-electron chi connectivity index (χ1n) is 8.18. The van der Waals surface area contributed by atoms with Gasteiger partial charge in [0.2, 0.25) is 0 Å². The summed E-state index contributed by atoms with van der Waals surface area (Å²) in [6.45, 7) is 3.46. The highest BCUT2D eigenvalue weighted by Crippen LogP contribution is 2.32. The molecule has 0 aliphatic heterocycles. The van der Waals surface area contributed by atoms with Crippen LogP contribution >= 0.6 is 0 Å². The van der Waals surface area contributed by atoms with Crippen LogP contribution < -0.4 is 5.32 Å². The summed E-state index contributed by atoms with van der Waals surface area (Å²) in [4.78, 5) is 0. The van der Waals surface area contributed by atoms with Crippen molar-refractivity contribution in [1.29, 1.82) is 0 Å². The van der Waals surface area contributed by atoms with Gasteiger partial charge in [-0.1, -0.05) is 73.5 Å². The van der Waals surface area contributed by atoms with Gasteiger partial charge in [0.1, 0.15) is 0 Å². The first kappa shape index (κ1) is 14.3. The lowest BCUT2D eigenvalue weighted by Crippen LogP contribution is -2.33. The highest BCUT2D eigenvalue weighted by atomic mass is 14.9. The van der Waals surface area contributed by atoms with Gasteiger partial charge in [0.05, 0.1) is 0 Å². The molecule has 110 valence electrons. The van der Waals surface area contributed by atoms with Crippen molar-refractivity contribution in [3.8, 4) is 0 Å². The van der Waals surface area contributed by atoms with Crippen molar-refractivity contribution in [3.63, 3.8) is 0 Å². The van der Waals surface area contributed by atoms with Crippen molar-refractivity contribution in [3.05, 3.63) is 71.8 Å². The molecule has 1 saturated carbocycles. The molecular formula is C20H25N. The molecule has 1 unspecified atom stereocenters. The Labute approximate surface area is 128 Å². The van der Waals surface area contributed by atoms with E-state index in [1.807, 2.05) is 0 Å². The van der Waals surface area contributed by atoms with Crippen LogP contribution in [0.3, 0.4) is 0 Å². The standard InChI is InChI=1S/C20H25N/c1-16(21-15-14-17-12-13-17)20(18-8-4-2-5-9-18)19-10-6-3-7-11-19/h2-11,16-17,20-21H,12-15H2,1H3. The zero-order valence-electron chi connectivity index (χ0n) is 12.8. The van der Waals surface area contributed by atoms with Crippen molar-refractivity contribution in [2.24, 2.45) is 5.92 Å². The average molecular weight is 279 g/mol. The second kappa shape index (κ2) is 6.91. The van der Waals surface area contributed by atoms with Crippen LogP contribution in [0.2, 0.25) is 0 Å². The lowest BCUT2D eigenvalue weighted by Gasteiger charge is -2.26. The van der Waals surface area contributed by atoms with E-state index in [1.54, 1.807) is 0 Å². The van der Waals surface area contributed by atoms with Crippen LogP contribution in [-0.4, -0.2) is 12.6 Å². The SMILES string of the molecule is CC(NCCC1CC1)C(c1ccccc1)c1ccccc1. The summed E-state index contributed by atoms with van der Waals surface area (Å²) in [5.74, 6) is 1.42. The number of rotatable bonds is 7. The molecule has 0 amide bonds. The predicted molar refractivity (Wildman–Crippen MR) is 89.5 cm³/mol. The Kier molecular flexibility index (Phi) is 4.72. The molecule has 3 rings (SSSR count). The normalized spacial score (nSPS) is 16.1. The molecule has 1 aliphatic carbocycles. The van der Waals surface area contributed by atoms with Crippen molar-refractivity contribution in [2.45, 2.75) is 38.1 Å². The van der Waals surface area contributed by atoms with Gasteiger partial charge in [-0.3, -0.25) is 0 Å². The average Bonchev–Trinajstić information content (AvgIpc) is 3.34. The van der Waals surface area contributed by atoms with E-state index >= 15 is 0 Å². The van der Waals surface area contributed by atoms with E-state index in [4.69, 9.17) is 0 Å². The molecule has 0 bridgehead atoms. The zero-order chi connectivity index (χ0) is 14.5. The monoisotopic (exact) mass is 279 g/mol. The quantitative estimate of drug-likeness (QED) is 0.781. The maximum Gasteiger partial charge on any atom is 0.0240 e. The summed E-state index contributed by atoms with van der Waals surface area (Å²) < 4.78 is 0. The van der Waals surface area contributed by atoms with Crippen LogP contribution in [0.5, 0.6) is 0 Å². The van der Waals surface area contributed by atoms with Crippen molar-refractivity contribution in [1.82, 2.24) is 5.32 Å². The van der Waals surface area contributed by atoms with Gasteiger partial charge in [-0.05, 0) is 36.9 Å². The van der Waals surface area contributed by atoms with Crippen LogP contribution in [0, 0.1) is 5.92 Å². The second-order valence-electron chi connectivity index (χ2n) is 6.27. The van der Waals surface area contributed by atoms with E-state index in [-0.39, 0.29) is 0 Å². The third kappa shape index (κ3) is 3.95. The Hall–Kier alpha value is -1.60. The molecular weight excluding hydrogens is 254 g/mol. The largest absolute Gasteiger partial charge is 0.313 e. The first-order valence-corrected chi connectivity index (χ1v) is 8.18. The van der Waals surface area contributed by atoms with E-state index in [1.165, 1.54) is 30.4 Å². The second-order valence-corrected chi connectivity index (χ2v) is 6.27. The van der Waals surface area contributed by atoms with Gasteiger partial charge in [0, 0.05) is 12.0 Å². The summed E-state index contributed by atoms with van der Waals surface area (Å²) in [5, 5.41) is 3.75. The minimum absolute atomic E-state index is 0.423. The van der Waals surface area contributed by atoms with Gasteiger partial charge in [0.15, 0.2) is 0 Å². The summed E-state index contributed by atoms with van der Waals surface area (Å²) in [6, 6.07) is 22.2. The molecule has 2 aromatic carbocycles. The van der Waals surface area contributed by atoms with Gasteiger partial charge in [-0.15, -0.1) is 0 Å². The smallest absolute Gasteiger partial charge is 0.0240 e. The minimum atomic E-state index is 0.423. The number of nitrogens with one attached hydrogen (secondary N) is 1. The third-order valence-electron chi connectivity index (χ3n) is 4.53. The summed E-state index contributed by atoms with van der Waals surface area (Å²) in [7, 11) is 0. The zero-order valence-corrected chi connectivity index (χ0v) is 12.8. The molecule has 1 fully saturated rings. The van der Waals surface area contributed by atoms with Crippen LogP contribution in [0.15, 0.2) is 60.7 Å². The summed E-state index contributed by atoms with van der Waals surface area (Å²) in [5.41, 5.74) is 2.80. The van der Waals surface area contributed by atoms with Gasteiger partial charge >= 0.3 is 0 Å². The lowest BCUT2D eigenvalue weighted by molar-refractivity contribution is 0.482. The van der Waals surface area contributed by atoms with Crippen LogP contribution in [0.1, 0.15) is 43.2 Å². The predicted octanol–water partition coefficient (Wildman–Crippen LogP) is 4.60. The number of hydrogen-bond acceptors (Lipinski definition) is 1. The highest BCUT2D eigenvalue weighted by molar-refractivity contribution is 5.34. The van der Waals surface area contributed by atoms with Crippen molar-refractivity contribution >= 4 is 0 Å². The fraction of sp³-hybridized carbons (Fsp3) is 0.400. The Morgan fingerprint density at radius 3 is 1.90 bits per heavy atom. The molecule has 1 aliphatic rings. The Bertz CT molecular complexity index is 491. The molecule has 1 heteroatoms. The fourth-order valence-electron chi connectivity index (χ4n) is 3.13. The maximum atomic E-state index is 3.75. The minimum Gasteiger partial charge on any atom is -0.313 e. The molecule has 0 spiro atoms. The third-order valence-corrected chi connectivity index (χ3v) is 4.53.